The van der Waals surface area contributed by atoms with E-state index in [0.717, 1.165) is 19.4 Å². The topological polar surface area (TPSA) is 55.1 Å². The molecule has 3 heteroatoms. The minimum absolute atomic E-state index is 0.148. The van der Waals surface area contributed by atoms with Crippen LogP contribution in [0.5, 0.6) is 0 Å². The van der Waals surface area contributed by atoms with Crippen molar-refractivity contribution in [3.8, 4) is 0 Å². The number of amides is 1. The van der Waals surface area contributed by atoms with Crippen molar-refractivity contribution in [1.82, 2.24) is 5.32 Å². The Bertz CT molecular complexity index is 493. The van der Waals surface area contributed by atoms with E-state index < -0.39 is 0 Å². The fourth-order valence-corrected chi connectivity index (χ4v) is 4.31. The van der Waals surface area contributed by atoms with E-state index in [-0.39, 0.29) is 17.4 Å². The second kappa shape index (κ2) is 6.82. The number of benzene rings is 1. The van der Waals surface area contributed by atoms with Crippen LogP contribution < -0.4 is 11.1 Å². The zero-order valence-corrected chi connectivity index (χ0v) is 13.4. The Morgan fingerprint density at radius 3 is 2.50 bits per heavy atom. The summed E-state index contributed by atoms with van der Waals surface area (Å²) in [5.41, 5.74) is 7.61. The third-order valence-corrected chi connectivity index (χ3v) is 5.74. The molecule has 0 heterocycles. The van der Waals surface area contributed by atoms with Gasteiger partial charge < -0.3 is 11.1 Å². The third kappa shape index (κ3) is 3.35. The van der Waals surface area contributed by atoms with Crippen LogP contribution in [0.3, 0.4) is 0 Å². The summed E-state index contributed by atoms with van der Waals surface area (Å²) in [6, 6.07) is 10.9. The maximum Gasteiger partial charge on any atom is 0.220 e. The van der Waals surface area contributed by atoms with Gasteiger partial charge in [-0.15, -0.1) is 0 Å². The van der Waals surface area contributed by atoms with E-state index in [1.54, 1.807) is 0 Å². The van der Waals surface area contributed by atoms with Gasteiger partial charge in [0.05, 0.1) is 0 Å². The minimum Gasteiger partial charge on any atom is -0.355 e. The lowest BCUT2D eigenvalue weighted by atomic mass is 9.79. The molecule has 2 fully saturated rings. The fraction of sp³-hybridized carbons (Fsp3) is 0.632. The molecule has 2 saturated carbocycles. The Hall–Kier alpha value is -1.35. The number of carbonyl (C=O) groups is 1. The van der Waals surface area contributed by atoms with Gasteiger partial charge in [0.25, 0.3) is 0 Å². The van der Waals surface area contributed by atoms with Crippen LogP contribution in [-0.4, -0.2) is 18.5 Å². The summed E-state index contributed by atoms with van der Waals surface area (Å²) in [5, 5.41) is 3.22. The van der Waals surface area contributed by atoms with Gasteiger partial charge >= 0.3 is 0 Å². The van der Waals surface area contributed by atoms with E-state index in [0.29, 0.717) is 12.3 Å². The highest BCUT2D eigenvalue weighted by molar-refractivity contribution is 5.76. The largest absolute Gasteiger partial charge is 0.355 e. The SMILES string of the molecule is N[C@@H]1CCC[C@H]1CC(=O)NCC1(c2ccccc2)CCCC1. The average Bonchev–Trinajstić information content (AvgIpc) is 3.17. The molecular weight excluding hydrogens is 272 g/mol. The molecule has 3 rings (SSSR count). The molecule has 2 aliphatic carbocycles. The van der Waals surface area contributed by atoms with Gasteiger partial charge in [-0.05, 0) is 37.2 Å². The van der Waals surface area contributed by atoms with Crippen molar-refractivity contribution >= 4 is 5.91 Å². The fourth-order valence-electron chi connectivity index (χ4n) is 4.31. The molecule has 0 aromatic heterocycles. The highest BCUT2D eigenvalue weighted by Gasteiger charge is 2.36. The van der Waals surface area contributed by atoms with Crippen LogP contribution in [0.2, 0.25) is 0 Å². The standard InChI is InChI=1S/C19H28N2O/c20-17-10-6-7-15(17)13-18(22)21-14-19(11-4-5-12-19)16-8-2-1-3-9-16/h1-3,8-9,15,17H,4-7,10-14,20H2,(H,21,22)/t15-,17+/m0/s1. The average molecular weight is 300 g/mol. The van der Waals surface area contributed by atoms with Crippen molar-refractivity contribution in [2.45, 2.75) is 62.8 Å². The highest BCUT2D eigenvalue weighted by Crippen LogP contribution is 2.40. The van der Waals surface area contributed by atoms with Crippen molar-refractivity contribution in [1.29, 1.82) is 0 Å². The second-order valence-electron chi connectivity index (χ2n) is 7.19. The first kappa shape index (κ1) is 15.5. The third-order valence-electron chi connectivity index (χ3n) is 5.74. The zero-order chi connectivity index (χ0) is 15.4. The summed E-state index contributed by atoms with van der Waals surface area (Å²) in [6.45, 7) is 0.776. The van der Waals surface area contributed by atoms with Gasteiger partial charge in [-0.3, -0.25) is 4.79 Å². The highest BCUT2D eigenvalue weighted by atomic mass is 16.1. The Labute approximate surface area is 133 Å². The first-order valence-electron chi connectivity index (χ1n) is 8.77. The molecule has 2 aliphatic rings. The van der Waals surface area contributed by atoms with Gasteiger partial charge in [-0.1, -0.05) is 49.6 Å². The molecule has 3 N–H and O–H groups in total. The van der Waals surface area contributed by atoms with Crippen LogP contribution in [-0.2, 0) is 10.2 Å². The van der Waals surface area contributed by atoms with Gasteiger partial charge in [0.15, 0.2) is 0 Å². The summed E-state index contributed by atoms with van der Waals surface area (Å²) in [4.78, 5) is 12.3. The first-order valence-corrected chi connectivity index (χ1v) is 8.77. The molecule has 0 unspecified atom stereocenters. The van der Waals surface area contributed by atoms with E-state index in [1.807, 2.05) is 0 Å². The van der Waals surface area contributed by atoms with Gasteiger partial charge in [0.2, 0.25) is 5.91 Å². The van der Waals surface area contributed by atoms with Gasteiger partial charge in [0.1, 0.15) is 0 Å². The molecular formula is C19H28N2O. The lowest BCUT2D eigenvalue weighted by molar-refractivity contribution is -0.122. The number of hydrogen-bond donors (Lipinski definition) is 2. The smallest absolute Gasteiger partial charge is 0.220 e. The molecule has 0 saturated heterocycles. The summed E-state index contributed by atoms with van der Waals surface area (Å²) < 4.78 is 0. The van der Waals surface area contributed by atoms with E-state index >= 15 is 0 Å². The van der Waals surface area contributed by atoms with Crippen LogP contribution in [0.25, 0.3) is 0 Å². The van der Waals surface area contributed by atoms with Gasteiger partial charge in [-0.25, -0.2) is 0 Å². The summed E-state index contributed by atoms with van der Waals surface area (Å²) >= 11 is 0. The Morgan fingerprint density at radius 1 is 1.14 bits per heavy atom. The predicted molar refractivity (Wildman–Crippen MR) is 89.5 cm³/mol. The van der Waals surface area contributed by atoms with Crippen molar-refractivity contribution in [2.24, 2.45) is 11.7 Å². The van der Waals surface area contributed by atoms with Crippen molar-refractivity contribution in [3.63, 3.8) is 0 Å². The zero-order valence-electron chi connectivity index (χ0n) is 13.4. The van der Waals surface area contributed by atoms with Gasteiger partial charge in [-0.2, -0.15) is 0 Å². The summed E-state index contributed by atoms with van der Waals surface area (Å²) in [5.74, 6) is 0.570. The molecule has 0 aliphatic heterocycles. The maximum atomic E-state index is 12.3. The number of nitrogens with one attached hydrogen (secondary N) is 1. The Morgan fingerprint density at radius 2 is 1.86 bits per heavy atom. The van der Waals surface area contributed by atoms with Crippen molar-refractivity contribution in [2.75, 3.05) is 6.54 Å². The number of carbonyl (C=O) groups excluding carboxylic acids is 1. The lowest BCUT2D eigenvalue weighted by Crippen LogP contribution is -2.40. The van der Waals surface area contributed by atoms with E-state index in [4.69, 9.17) is 5.73 Å². The molecule has 120 valence electrons. The molecule has 22 heavy (non-hydrogen) atoms. The molecule has 0 radical (unpaired) electrons. The maximum absolute atomic E-state index is 12.3. The molecule has 0 bridgehead atoms. The monoisotopic (exact) mass is 300 g/mol. The quantitative estimate of drug-likeness (QED) is 0.878. The van der Waals surface area contributed by atoms with Crippen LogP contribution in [0.1, 0.15) is 56.9 Å². The second-order valence-corrected chi connectivity index (χ2v) is 7.19. The lowest BCUT2D eigenvalue weighted by Gasteiger charge is -2.30. The Kier molecular flexibility index (Phi) is 4.82. The van der Waals surface area contributed by atoms with E-state index in [2.05, 4.69) is 35.6 Å². The van der Waals surface area contributed by atoms with Crippen molar-refractivity contribution < 1.29 is 4.79 Å². The summed E-state index contributed by atoms with van der Waals surface area (Å²) in [6.07, 6.45) is 8.85. The normalized spacial score (nSPS) is 27.0. The van der Waals surface area contributed by atoms with Crippen LogP contribution >= 0.6 is 0 Å². The molecule has 1 aromatic rings. The number of hydrogen-bond acceptors (Lipinski definition) is 2. The van der Waals surface area contributed by atoms with Crippen molar-refractivity contribution in [3.05, 3.63) is 35.9 Å². The van der Waals surface area contributed by atoms with E-state index in [9.17, 15) is 4.79 Å². The first-order chi connectivity index (χ1) is 10.7. The van der Waals surface area contributed by atoms with Crippen LogP contribution in [0, 0.1) is 5.92 Å². The van der Waals surface area contributed by atoms with Gasteiger partial charge in [0, 0.05) is 24.4 Å². The summed E-state index contributed by atoms with van der Waals surface area (Å²) in [7, 11) is 0. The molecule has 1 aromatic carbocycles. The number of nitrogens with two attached hydrogens (primary N) is 1. The van der Waals surface area contributed by atoms with Crippen LogP contribution in [0.4, 0.5) is 0 Å². The molecule has 1 amide bonds. The number of rotatable bonds is 5. The minimum atomic E-state index is 0.148. The predicted octanol–water partition coefficient (Wildman–Crippen LogP) is 3.13. The van der Waals surface area contributed by atoms with Crippen LogP contribution in [0.15, 0.2) is 30.3 Å². The molecule has 0 spiro atoms. The Balaban J connectivity index is 1.59. The van der Waals surface area contributed by atoms with E-state index in [1.165, 1.54) is 37.7 Å². The molecule has 2 atom stereocenters. The molecule has 3 nitrogen and oxygen atoms in total.